The molecule has 0 aliphatic rings. The number of ketones is 1. The summed E-state index contributed by atoms with van der Waals surface area (Å²) in [6.45, 7) is 0.0564. The molecule has 0 saturated heterocycles. The van der Waals surface area contributed by atoms with Gasteiger partial charge in [0.15, 0.2) is 12.4 Å². The first-order valence-electron chi connectivity index (χ1n) is 6.15. The van der Waals surface area contributed by atoms with Gasteiger partial charge in [-0.3, -0.25) is 4.79 Å². The lowest BCUT2D eigenvalue weighted by molar-refractivity contribution is 0.0921. The molecule has 3 heteroatoms. The van der Waals surface area contributed by atoms with E-state index in [-0.39, 0.29) is 12.4 Å². The third-order valence-corrected chi connectivity index (χ3v) is 2.80. The second kappa shape index (κ2) is 6.05. The number of benzene rings is 2. The van der Waals surface area contributed by atoms with E-state index in [1.165, 1.54) is 0 Å². The normalized spacial score (nSPS) is 10.0. The number of carbonyl (C=O) groups excluding carboxylic acids is 1. The van der Waals surface area contributed by atoms with Gasteiger partial charge in [0.25, 0.3) is 0 Å². The van der Waals surface area contributed by atoms with Crippen molar-refractivity contribution in [1.29, 1.82) is 0 Å². The van der Waals surface area contributed by atoms with Gasteiger partial charge in [0.2, 0.25) is 0 Å². The zero-order chi connectivity index (χ0) is 13.7. The molecule has 19 heavy (non-hydrogen) atoms. The molecule has 0 spiro atoms. The summed E-state index contributed by atoms with van der Waals surface area (Å²) in [4.78, 5) is 13.9. The Morgan fingerprint density at radius 1 is 1.05 bits per heavy atom. The zero-order valence-corrected chi connectivity index (χ0v) is 11.2. The van der Waals surface area contributed by atoms with Crippen LogP contribution in [0.4, 0.5) is 5.69 Å². The third-order valence-electron chi connectivity index (χ3n) is 2.80. The van der Waals surface area contributed by atoms with Crippen LogP contribution in [-0.4, -0.2) is 26.5 Å². The van der Waals surface area contributed by atoms with Crippen LogP contribution in [0.3, 0.4) is 0 Å². The number of Topliss-reactive ketones (excluding diaryl/α,β-unsaturated/α-hetero) is 1. The smallest absolute Gasteiger partial charge is 0.200 e. The molecule has 2 aromatic rings. The first kappa shape index (κ1) is 13.1. The highest BCUT2D eigenvalue weighted by molar-refractivity contribution is 5.97. The first-order valence-corrected chi connectivity index (χ1v) is 6.15. The van der Waals surface area contributed by atoms with Crippen LogP contribution < -0.4 is 9.64 Å². The minimum atomic E-state index is -0.0177. The van der Waals surface area contributed by atoms with Crippen molar-refractivity contribution in [1.82, 2.24) is 0 Å². The number of hydrogen-bond acceptors (Lipinski definition) is 3. The maximum atomic E-state index is 11.9. The molecule has 0 saturated carbocycles. The largest absolute Gasteiger partial charge is 0.485 e. The van der Waals surface area contributed by atoms with Gasteiger partial charge < -0.3 is 9.64 Å². The van der Waals surface area contributed by atoms with Gasteiger partial charge in [-0.2, -0.15) is 0 Å². The summed E-state index contributed by atoms with van der Waals surface area (Å²) in [5.41, 5.74) is 1.72. The Hall–Kier alpha value is -2.29. The summed E-state index contributed by atoms with van der Waals surface area (Å²) in [6, 6.07) is 16.8. The fourth-order valence-electron chi connectivity index (χ4n) is 1.71. The van der Waals surface area contributed by atoms with Crippen LogP contribution >= 0.6 is 0 Å². The van der Waals surface area contributed by atoms with Crippen LogP contribution in [0.1, 0.15) is 10.4 Å². The quantitative estimate of drug-likeness (QED) is 0.769. The van der Waals surface area contributed by atoms with Gasteiger partial charge in [-0.15, -0.1) is 0 Å². The van der Waals surface area contributed by atoms with Crippen molar-refractivity contribution in [3.05, 3.63) is 60.2 Å². The highest BCUT2D eigenvalue weighted by Gasteiger charge is 2.06. The predicted octanol–water partition coefficient (Wildman–Crippen LogP) is 3.01. The van der Waals surface area contributed by atoms with E-state index in [0.717, 1.165) is 5.69 Å². The predicted molar refractivity (Wildman–Crippen MR) is 77.0 cm³/mol. The Morgan fingerprint density at radius 3 is 2.47 bits per heavy atom. The molecule has 98 valence electrons. The van der Waals surface area contributed by atoms with E-state index in [0.29, 0.717) is 11.3 Å². The van der Waals surface area contributed by atoms with Crippen molar-refractivity contribution in [2.75, 3.05) is 25.6 Å². The number of rotatable bonds is 5. The first-order chi connectivity index (χ1) is 9.16. The van der Waals surface area contributed by atoms with Crippen molar-refractivity contribution in [2.45, 2.75) is 0 Å². The number of anilines is 1. The number of nitrogens with zero attached hydrogens (tertiary/aromatic N) is 1. The summed E-state index contributed by atoms with van der Waals surface area (Å²) in [7, 11) is 3.93. The molecule has 0 atom stereocenters. The molecule has 0 unspecified atom stereocenters. The molecule has 0 bridgehead atoms. The summed E-state index contributed by atoms with van der Waals surface area (Å²) < 4.78 is 5.54. The van der Waals surface area contributed by atoms with Gasteiger partial charge in [-0.05, 0) is 12.1 Å². The Labute approximate surface area is 113 Å². The Kier molecular flexibility index (Phi) is 4.18. The molecule has 0 aromatic heterocycles. The molecule has 0 radical (unpaired) electrons. The lowest BCUT2D eigenvalue weighted by Gasteiger charge is -2.13. The lowest BCUT2D eigenvalue weighted by Crippen LogP contribution is -2.12. The summed E-state index contributed by atoms with van der Waals surface area (Å²) >= 11 is 0. The highest BCUT2D eigenvalue weighted by atomic mass is 16.5. The van der Waals surface area contributed by atoms with E-state index in [4.69, 9.17) is 4.74 Å². The van der Waals surface area contributed by atoms with Crippen LogP contribution in [0.25, 0.3) is 0 Å². The Balaban J connectivity index is 1.99. The van der Waals surface area contributed by atoms with Gasteiger partial charge in [0.1, 0.15) is 5.75 Å². The van der Waals surface area contributed by atoms with Gasteiger partial charge in [-0.1, -0.05) is 36.4 Å². The molecular weight excluding hydrogens is 238 g/mol. The van der Waals surface area contributed by atoms with Gasteiger partial charge in [0.05, 0.1) is 0 Å². The minimum Gasteiger partial charge on any atom is -0.485 e. The van der Waals surface area contributed by atoms with E-state index in [2.05, 4.69) is 0 Å². The third kappa shape index (κ3) is 3.58. The average molecular weight is 255 g/mol. The van der Waals surface area contributed by atoms with Crippen molar-refractivity contribution in [3.63, 3.8) is 0 Å². The second-order valence-corrected chi connectivity index (χ2v) is 4.47. The number of ether oxygens (including phenoxy) is 1. The average Bonchev–Trinajstić information content (AvgIpc) is 2.46. The fourth-order valence-corrected chi connectivity index (χ4v) is 1.71. The van der Waals surface area contributed by atoms with Crippen molar-refractivity contribution >= 4 is 11.5 Å². The molecule has 2 rings (SSSR count). The molecule has 0 aliphatic carbocycles. The van der Waals surface area contributed by atoms with Gasteiger partial charge in [0, 0.05) is 31.4 Å². The Bertz CT molecular complexity index is 550. The van der Waals surface area contributed by atoms with Crippen molar-refractivity contribution in [2.24, 2.45) is 0 Å². The van der Waals surface area contributed by atoms with Crippen LogP contribution in [0.15, 0.2) is 54.6 Å². The van der Waals surface area contributed by atoms with E-state index in [1.807, 2.05) is 61.5 Å². The van der Waals surface area contributed by atoms with Crippen LogP contribution in [0, 0.1) is 0 Å². The van der Waals surface area contributed by atoms with Gasteiger partial charge >= 0.3 is 0 Å². The van der Waals surface area contributed by atoms with E-state index >= 15 is 0 Å². The maximum Gasteiger partial charge on any atom is 0.200 e. The standard InChI is InChI=1S/C16H17NO2/c1-17(2)14-9-6-10-15(11-14)19-12-16(18)13-7-4-3-5-8-13/h3-11H,12H2,1-2H3. The monoisotopic (exact) mass is 255 g/mol. The fraction of sp³-hybridized carbons (Fsp3) is 0.188. The molecule has 3 nitrogen and oxygen atoms in total. The molecule has 0 amide bonds. The van der Waals surface area contributed by atoms with Crippen LogP contribution in [-0.2, 0) is 0 Å². The van der Waals surface area contributed by atoms with E-state index < -0.39 is 0 Å². The number of carbonyl (C=O) groups is 1. The molecule has 2 aromatic carbocycles. The van der Waals surface area contributed by atoms with E-state index in [1.54, 1.807) is 12.1 Å². The molecule has 0 N–H and O–H groups in total. The topological polar surface area (TPSA) is 29.5 Å². The molecule has 0 aliphatic heterocycles. The second-order valence-electron chi connectivity index (χ2n) is 4.47. The zero-order valence-electron chi connectivity index (χ0n) is 11.2. The summed E-state index contributed by atoms with van der Waals surface area (Å²) in [5, 5.41) is 0. The minimum absolute atomic E-state index is 0.0177. The van der Waals surface area contributed by atoms with Crippen LogP contribution in [0.5, 0.6) is 5.75 Å². The highest BCUT2D eigenvalue weighted by Crippen LogP contribution is 2.19. The summed E-state index contributed by atoms with van der Waals surface area (Å²) in [6.07, 6.45) is 0. The Morgan fingerprint density at radius 2 is 1.79 bits per heavy atom. The van der Waals surface area contributed by atoms with Crippen molar-refractivity contribution < 1.29 is 9.53 Å². The molecule has 0 heterocycles. The summed E-state index contributed by atoms with van der Waals surface area (Å²) in [5.74, 6) is 0.686. The van der Waals surface area contributed by atoms with E-state index in [9.17, 15) is 4.79 Å². The molecule has 0 fully saturated rings. The molecular formula is C16H17NO2. The SMILES string of the molecule is CN(C)c1cccc(OCC(=O)c2ccccc2)c1. The van der Waals surface area contributed by atoms with Gasteiger partial charge in [-0.25, -0.2) is 0 Å². The maximum absolute atomic E-state index is 11.9. The van der Waals surface area contributed by atoms with Crippen LogP contribution in [0.2, 0.25) is 0 Å². The lowest BCUT2D eigenvalue weighted by atomic mass is 10.1. The number of hydrogen-bond donors (Lipinski definition) is 0. The van der Waals surface area contributed by atoms with Crippen molar-refractivity contribution in [3.8, 4) is 5.75 Å².